The molecular formula is C27H34N4O7. The molecule has 11 heteroatoms. The van der Waals surface area contributed by atoms with Gasteiger partial charge in [0.15, 0.2) is 34.7 Å². The van der Waals surface area contributed by atoms with Gasteiger partial charge in [0.25, 0.3) is 0 Å². The number of ketones is 4. The number of nitrogens with two attached hydrogens (primary N) is 1. The fourth-order valence-electron chi connectivity index (χ4n) is 7.11. The SMILES string of the molecule is CN1CCC(Nc2ccc(O)c3c2C[C@H]2C[C@H]4[C@H](N(C)C)C(=O)C(C(N)=O)C(=O)[C@@]4(O)C(=O)C2C3=O)CC1. The number of hydrogen-bond acceptors (Lipinski definition) is 10. The lowest BCUT2D eigenvalue weighted by atomic mass is 9.52. The molecule has 0 aromatic heterocycles. The number of benzene rings is 1. The number of phenols is 1. The summed E-state index contributed by atoms with van der Waals surface area (Å²) in [5, 5.41) is 25.8. The molecule has 4 aliphatic rings. The third kappa shape index (κ3) is 3.78. The molecule has 1 amide bonds. The van der Waals surface area contributed by atoms with Crippen molar-refractivity contribution in [1.29, 1.82) is 0 Å². The molecule has 2 saturated carbocycles. The maximum atomic E-state index is 13.9. The van der Waals surface area contributed by atoms with Gasteiger partial charge < -0.3 is 26.2 Å². The average molecular weight is 527 g/mol. The Balaban J connectivity index is 1.55. The van der Waals surface area contributed by atoms with Gasteiger partial charge >= 0.3 is 0 Å². The number of phenolic OH excluding ortho intramolecular Hbond substituents is 1. The number of aromatic hydroxyl groups is 1. The number of likely N-dealkylation sites (N-methyl/N-ethyl adjacent to an activating group) is 1. The summed E-state index contributed by atoms with van der Waals surface area (Å²) in [6.07, 6.45) is 2.10. The molecule has 3 fully saturated rings. The molecule has 5 rings (SSSR count). The number of rotatable bonds is 4. The van der Waals surface area contributed by atoms with Gasteiger partial charge in [0.2, 0.25) is 5.91 Å². The van der Waals surface area contributed by atoms with E-state index in [1.807, 2.05) is 0 Å². The first-order valence-electron chi connectivity index (χ1n) is 13.0. The summed E-state index contributed by atoms with van der Waals surface area (Å²) in [5.74, 6) is -10.3. The summed E-state index contributed by atoms with van der Waals surface area (Å²) in [6.45, 7) is 1.85. The van der Waals surface area contributed by atoms with Crippen LogP contribution in [0, 0.1) is 23.7 Å². The largest absolute Gasteiger partial charge is 0.507 e. The highest BCUT2D eigenvalue weighted by Gasteiger charge is 2.69. The average Bonchev–Trinajstić information content (AvgIpc) is 2.84. The molecule has 2 unspecified atom stereocenters. The van der Waals surface area contributed by atoms with Crippen molar-refractivity contribution in [2.24, 2.45) is 29.4 Å². The van der Waals surface area contributed by atoms with Crippen LogP contribution in [-0.4, -0.2) is 101 Å². The van der Waals surface area contributed by atoms with Crippen molar-refractivity contribution >= 4 is 34.7 Å². The summed E-state index contributed by atoms with van der Waals surface area (Å²) >= 11 is 0. The first-order chi connectivity index (χ1) is 17.9. The van der Waals surface area contributed by atoms with Gasteiger partial charge in [0.05, 0.1) is 17.5 Å². The van der Waals surface area contributed by atoms with Crippen molar-refractivity contribution < 1.29 is 34.2 Å². The van der Waals surface area contributed by atoms with Gasteiger partial charge in [-0.15, -0.1) is 0 Å². The van der Waals surface area contributed by atoms with Crippen LogP contribution in [0.2, 0.25) is 0 Å². The van der Waals surface area contributed by atoms with Crippen molar-refractivity contribution in [3.8, 4) is 5.75 Å². The van der Waals surface area contributed by atoms with E-state index in [1.54, 1.807) is 20.2 Å². The van der Waals surface area contributed by atoms with Gasteiger partial charge in [0, 0.05) is 17.6 Å². The maximum absolute atomic E-state index is 13.9. The summed E-state index contributed by atoms with van der Waals surface area (Å²) in [6, 6.07) is 2.21. The highest BCUT2D eigenvalue weighted by molar-refractivity contribution is 6.32. The molecule has 1 saturated heterocycles. The molecule has 11 nitrogen and oxygen atoms in total. The van der Waals surface area contributed by atoms with Gasteiger partial charge in [-0.05, 0) is 83.5 Å². The Labute approximate surface area is 220 Å². The lowest BCUT2D eigenvalue weighted by Crippen LogP contribution is -2.74. The summed E-state index contributed by atoms with van der Waals surface area (Å²) < 4.78 is 0. The molecule has 1 aromatic rings. The molecular weight excluding hydrogens is 492 g/mol. The van der Waals surface area contributed by atoms with Crippen LogP contribution >= 0.6 is 0 Å². The van der Waals surface area contributed by atoms with Crippen LogP contribution in [0.4, 0.5) is 5.69 Å². The smallest absolute Gasteiger partial charge is 0.235 e. The normalized spacial score (nSPS) is 34.1. The van der Waals surface area contributed by atoms with E-state index < -0.39 is 64.4 Å². The number of fused-ring (bicyclic) bond motifs is 3. The number of hydrogen-bond donors (Lipinski definition) is 4. The Kier molecular flexibility index (Phi) is 6.44. The molecule has 0 radical (unpaired) electrons. The second-order valence-corrected chi connectivity index (χ2v) is 11.5. The first kappa shape index (κ1) is 26.5. The minimum atomic E-state index is -2.71. The number of likely N-dealkylation sites (tertiary alicyclic amines) is 1. The van der Waals surface area contributed by atoms with E-state index in [4.69, 9.17) is 5.73 Å². The summed E-state index contributed by atoms with van der Waals surface area (Å²) in [5.41, 5.74) is 3.95. The van der Waals surface area contributed by atoms with Gasteiger partial charge in [-0.2, -0.15) is 0 Å². The van der Waals surface area contributed by atoms with E-state index in [0.717, 1.165) is 25.9 Å². The number of anilines is 1. The van der Waals surface area contributed by atoms with Crippen LogP contribution in [0.25, 0.3) is 0 Å². The molecule has 3 aliphatic carbocycles. The summed E-state index contributed by atoms with van der Waals surface area (Å²) in [7, 11) is 5.19. The number of carbonyl (C=O) groups is 5. The Morgan fingerprint density at radius 2 is 1.79 bits per heavy atom. The van der Waals surface area contributed by atoms with E-state index >= 15 is 0 Å². The number of Topliss-reactive ketones (excluding diaryl/α,β-unsaturated/α-hetero) is 4. The van der Waals surface area contributed by atoms with Crippen LogP contribution in [0.15, 0.2) is 12.1 Å². The number of carbonyl (C=O) groups excluding carboxylic acids is 5. The van der Waals surface area contributed by atoms with Crippen molar-refractivity contribution in [2.45, 2.75) is 43.4 Å². The van der Waals surface area contributed by atoms with Gasteiger partial charge in [0.1, 0.15) is 5.75 Å². The number of primary amides is 1. The van der Waals surface area contributed by atoms with E-state index in [2.05, 4.69) is 17.3 Å². The monoisotopic (exact) mass is 526 g/mol. The molecule has 38 heavy (non-hydrogen) atoms. The lowest BCUT2D eigenvalue weighted by Gasteiger charge is -2.52. The second-order valence-electron chi connectivity index (χ2n) is 11.5. The lowest BCUT2D eigenvalue weighted by molar-refractivity contribution is -0.181. The van der Waals surface area contributed by atoms with Crippen molar-refractivity contribution in [3.05, 3.63) is 23.3 Å². The molecule has 5 N–H and O–H groups in total. The van der Waals surface area contributed by atoms with Crippen molar-refractivity contribution in [3.63, 3.8) is 0 Å². The van der Waals surface area contributed by atoms with Crippen LogP contribution in [0.5, 0.6) is 5.75 Å². The molecule has 0 bridgehead atoms. The Morgan fingerprint density at radius 1 is 1.13 bits per heavy atom. The highest BCUT2D eigenvalue weighted by Crippen LogP contribution is 2.51. The molecule has 1 heterocycles. The van der Waals surface area contributed by atoms with Gasteiger partial charge in [-0.3, -0.25) is 28.9 Å². The van der Waals surface area contributed by atoms with Crippen LogP contribution in [0.1, 0.15) is 35.2 Å². The van der Waals surface area contributed by atoms with Crippen molar-refractivity contribution in [2.75, 3.05) is 39.5 Å². The zero-order valence-corrected chi connectivity index (χ0v) is 21.8. The molecule has 1 aromatic carbocycles. The van der Waals surface area contributed by atoms with Crippen molar-refractivity contribution in [1.82, 2.24) is 9.80 Å². The number of nitrogens with zero attached hydrogens (tertiary/aromatic N) is 2. The number of piperidine rings is 1. The molecule has 6 atom stereocenters. The summed E-state index contributed by atoms with van der Waals surface area (Å²) in [4.78, 5) is 69.9. The molecule has 0 spiro atoms. The Bertz CT molecular complexity index is 1240. The molecule has 204 valence electrons. The number of amides is 1. The fourth-order valence-corrected chi connectivity index (χ4v) is 7.11. The molecule has 1 aliphatic heterocycles. The standard InChI is InChI=1S/C27H34N4O7/c1-30(2)21-15-11-12-10-14-16(29-13-6-8-31(3)9-7-13)4-5-17(32)19(14)22(33)18(12)24(35)27(15,38)25(36)20(23(21)34)26(28)37/h4-5,12-13,15,18,20-21,29,32,38H,6-11H2,1-3H3,(H2,28,37)/t12-,15-,18?,20?,21-,27-/m0/s1. The first-order valence-corrected chi connectivity index (χ1v) is 13.0. The Hall–Kier alpha value is -3.15. The minimum absolute atomic E-state index is 0.00882. The van der Waals surface area contributed by atoms with Crippen LogP contribution in [0.3, 0.4) is 0 Å². The maximum Gasteiger partial charge on any atom is 0.235 e. The Morgan fingerprint density at radius 3 is 2.39 bits per heavy atom. The van der Waals surface area contributed by atoms with E-state index in [-0.39, 0.29) is 30.2 Å². The zero-order chi connectivity index (χ0) is 27.7. The zero-order valence-electron chi connectivity index (χ0n) is 21.8. The predicted octanol–water partition coefficient (Wildman–Crippen LogP) is -0.627. The number of nitrogens with one attached hydrogen (secondary N) is 1. The predicted molar refractivity (Wildman–Crippen MR) is 136 cm³/mol. The highest BCUT2D eigenvalue weighted by atomic mass is 16.3. The van der Waals surface area contributed by atoms with Crippen LogP contribution in [-0.2, 0) is 25.6 Å². The number of aliphatic hydroxyl groups is 1. The van der Waals surface area contributed by atoms with Gasteiger partial charge in [-0.25, -0.2) is 0 Å². The quantitative estimate of drug-likeness (QED) is 0.293. The van der Waals surface area contributed by atoms with E-state index in [0.29, 0.717) is 11.3 Å². The van der Waals surface area contributed by atoms with E-state index in [9.17, 15) is 34.2 Å². The topological polar surface area (TPSA) is 170 Å². The third-order valence-electron chi connectivity index (χ3n) is 9.02. The van der Waals surface area contributed by atoms with Gasteiger partial charge in [-0.1, -0.05) is 0 Å². The second kappa shape index (κ2) is 9.25. The fraction of sp³-hybridized carbons (Fsp3) is 0.593. The minimum Gasteiger partial charge on any atom is -0.507 e. The van der Waals surface area contributed by atoms with E-state index in [1.165, 1.54) is 11.0 Å². The third-order valence-corrected chi connectivity index (χ3v) is 9.02. The van der Waals surface area contributed by atoms with Crippen LogP contribution < -0.4 is 11.1 Å².